The van der Waals surface area contributed by atoms with E-state index in [0.717, 1.165) is 0 Å². The summed E-state index contributed by atoms with van der Waals surface area (Å²) in [4.78, 5) is 21.6. The number of nitrogens with zero attached hydrogens (tertiary/aromatic N) is 4. The molecule has 0 aliphatic carbocycles. The fourth-order valence-electron chi connectivity index (χ4n) is 1.27. The summed E-state index contributed by atoms with van der Waals surface area (Å²) in [5.41, 5.74) is 0.710. The molecular formula is C11H6Cl2N4O2. The third-order valence-corrected chi connectivity index (χ3v) is 2.47. The maximum Gasteiger partial charge on any atom is 0.269 e. The summed E-state index contributed by atoms with van der Waals surface area (Å²) in [6.45, 7) is 0. The Morgan fingerprint density at radius 1 is 1.21 bits per heavy atom. The van der Waals surface area contributed by atoms with Gasteiger partial charge in [0.05, 0.1) is 4.92 Å². The highest BCUT2D eigenvalue weighted by Crippen LogP contribution is 2.17. The lowest BCUT2D eigenvalue weighted by molar-refractivity contribution is -0.384. The van der Waals surface area contributed by atoms with Crippen LogP contribution >= 0.6 is 23.2 Å². The molecule has 0 spiro atoms. The molecule has 1 aromatic heterocycles. The number of rotatable bonds is 3. The molecule has 2 aromatic rings. The zero-order chi connectivity index (χ0) is 13.8. The van der Waals surface area contributed by atoms with E-state index in [1.54, 1.807) is 12.1 Å². The summed E-state index contributed by atoms with van der Waals surface area (Å²) in [6, 6.07) is 7.38. The van der Waals surface area contributed by atoms with Crippen LogP contribution in [0.2, 0.25) is 10.4 Å². The molecule has 6 nitrogen and oxygen atoms in total. The molecule has 0 unspecified atom stereocenters. The van der Waals surface area contributed by atoms with Gasteiger partial charge in [-0.3, -0.25) is 10.1 Å². The minimum Gasteiger partial charge on any atom is -0.258 e. The number of aromatic nitrogens is 2. The van der Waals surface area contributed by atoms with Crippen molar-refractivity contribution in [3.63, 3.8) is 0 Å². The molecule has 1 heterocycles. The van der Waals surface area contributed by atoms with Crippen molar-refractivity contribution in [2.24, 2.45) is 4.99 Å². The maximum absolute atomic E-state index is 10.5. The first kappa shape index (κ1) is 13.4. The Hall–Kier alpha value is -2.05. The summed E-state index contributed by atoms with van der Waals surface area (Å²) in [7, 11) is 0. The van der Waals surface area contributed by atoms with E-state index >= 15 is 0 Å². The molecule has 0 N–H and O–H groups in total. The quantitative estimate of drug-likeness (QED) is 0.286. The van der Waals surface area contributed by atoms with Crippen LogP contribution in [0.4, 0.5) is 11.5 Å². The second-order valence-electron chi connectivity index (χ2n) is 3.42. The number of nitro benzene ring substituents is 1. The molecule has 0 aliphatic rings. The fourth-order valence-corrected chi connectivity index (χ4v) is 1.67. The molecule has 19 heavy (non-hydrogen) atoms. The van der Waals surface area contributed by atoms with Gasteiger partial charge in [-0.15, -0.1) is 0 Å². The molecule has 0 radical (unpaired) electrons. The van der Waals surface area contributed by atoms with Gasteiger partial charge >= 0.3 is 0 Å². The minimum atomic E-state index is -0.467. The fraction of sp³-hybridized carbons (Fsp3) is 0. The van der Waals surface area contributed by atoms with Crippen molar-refractivity contribution < 1.29 is 4.92 Å². The molecule has 0 saturated carbocycles. The third-order valence-electron chi connectivity index (χ3n) is 2.10. The van der Waals surface area contributed by atoms with Crippen molar-refractivity contribution in [3.05, 3.63) is 56.4 Å². The van der Waals surface area contributed by atoms with Crippen molar-refractivity contribution in [1.29, 1.82) is 0 Å². The molecular weight excluding hydrogens is 291 g/mol. The van der Waals surface area contributed by atoms with Crippen molar-refractivity contribution in [1.82, 2.24) is 9.97 Å². The molecule has 96 valence electrons. The number of nitro groups is 1. The summed E-state index contributed by atoms with van der Waals surface area (Å²) in [5.74, 6) is 0.309. The van der Waals surface area contributed by atoms with E-state index < -0.39 is 4.92 Å². The second-order valence-corrected chi connectivity index (χ2v) is 4.15. The first-order valence-electron chi connectivity index (χ1n) is 5.03. The highest BCUT2D eigenvalue weighted by molar-refractivity contribution is 6.32. The second kappa shape index (κ2) is 5.73. The topological polar surface area (TPSA) is 81.3 Å². The van der Waals surface area contributed by atoms with Crippen molar-refractivity contribution in [3.8, 4) is 0 Å². The third kappa shape index (κ3) is 3.70. The van der Waals surface area contributed by atoms with E-state index in [4.69, 9.17) is 23.2 Å². The molecule has 0 atom stereocenters. The SMILES string of the molecule is O=[N+]([O-])c1ccc(/C=N/c2cc(Cl)nc(Cl)n2)cc1. The number of benzene rings is 1. The van der Waals surface area contributed by atoms with E-state index in [2.05, 4.69) is 15.0 Å². The van der Waals surface area contributed by atoms with Crippen LogP contribution in [0, 0.1) is 10.1 Å². The monoisotopic (exact) mass is 296 g/mol. The lowest BCUT2D eigenvalue weighted by Crippen LogP contribution is -1.88. The lowest BCUT2D eigenvalue weighted by atomic mass is 10.2. The Morgan fingerprint density at radius 3 is 2.47 bits per heavy atom. The largest absolute Gasteiger partial charge is 0.269 e. The van der Waals surface area contributed by atoms with E-state index in [-0.39, 0.29) is 16.1 Å². The molecule has 1 aromatic carbocycles. The van der Waals surface area contributed by atoms with Gasteiger partial charge in [0.25, 0.3) is 5.69 Å². The molecule has 0 fully saturated rings. The van der Waals surface area contributed by atoms with Crippen LogP contribution < -0.4 is 0 Å². The summed E-state index contributed by atoms with van der Waals surface area (Å²) in [5, 5.41) is 10.7. The zero-order valence-electron chi connectivity index (χ0n) is 9.33. The summed E-state index contributed by atoms with van der Waals surface area (Å²) < 4.78 is 0. The number of hydrogen-bond acceptors (Lipinski definition) is 5. The van der Waals surface area contributed by atoms with Crippen LogP contribution in [0.5, 0.6) is 0 Å². The highest BCUT2D eigenvalue weighted by atomic mass is 35.5. The Balaban J connectivity index is 2.20. The van der Waals surface area contributed by atoms with Crippen LogP contribution in [0.15, 0.2) is 35.3 Å². The van der Waals surface area contributed by atoms with Crippen LogP contribution in [-0.2, 0) is 0 Å². The number of non-ortho nitro benzene ring substituents is 1. The van der Waals surface area contributed by atoms with Crippen LogP contribution in [0.3, 0.4) is 0 Å². The van der Waals surface area contributed by atoms with Crippen molar-refractivity contribution in [2.45, 2.75) is 0 Å². The first-order valence-corrected chi connectivity index (χ1v) is 5.79. The Labute approximate surface area is 117 Å². The van der Waals surface area contributed by atoms with Gasteiger partial charge in [0.2, 0.25) is 5.28 Å². The molecule has 0 amide bonds. The van der Waals surface area contributed by atoms with E-state index in [1.807, 2.05) is 0 Å². The van der Waals surface area contributed by atoms with Crippen LogP contribution in [0.25, 0.3) is 0 Å². The van der Waals surface area contributed by atoms with Crippen LogP contribution in [-0.4, -0.2) is 21.1 Å². The van der Waals surface area contributed by atoms with Crippen LogP contribution in [0.1, 0.15) is 5.56 Å². The van der Waals surface area contributed by atoms with E-state index in [9.17, 15) is 10.1 Å². The van der Waals surface area contributed by atoms with Gasteiger partial charge in [-0.2, -0.15) is 4.98 Å². The van der Waals surface area contributed by atoms with Gasteiger partial charge in [-0.25, -0.2) is 9.98 Å². The maximum atomic E-state index is 10.5. The highest BCUT2D eigenvalue weighted by Gasteiger charge is 2.03. The predicted octanol–water partition coefficient (Wildman–Crippen LogP) is 3.44. The number of halogens is 2. The van der Waals surface area contributed by atoms with E-state index in [0.29, 0.717) is 11.4 Å². The Morgan fingerprint density at radius 2 is 1.89 bits per heavy atom. The number of aliphatic imine (C=N–C) groups is 1. The normalized spacial score (nSPS) is 10.8. The standard InChI is InChI=1S/C11H6Cl2N4O2/c12-9-5-10(16-11(13)15-9)14-6-7-1-3-8(4-2-7)17(18)19/h1-6H/b14-6+. The molecule has 0 saturated heterocycles. The average Bonchev–Trinajstić information content (AvgIpc) is 2.36. The molecule has 0 bridgehead atoms. The minimum absolute atomic E-state index is 0.00310. The summed E-state index contributed by atoms with van der Waals surface area (Å²) >= 11 is 11.3. The Bertz CT molecular complexity index is 623. The predicted molar refractivity (Wildman–Crippen MR) is 72.4 cm³/mol. The Kier molecular flexibility index (Phi) is 4.03. The van der Waals surface area contributed by atoms with E-state index in [1.165, 1.54) is 24.4 Å². The molecule has 0 aliphatic heterocycles. The average molecular weight is 297 g/mol. The lowest BCUT2D eigenvalue weighted by Gasteiger charge is -1.96. The first-order chi connectivity index (χ1) is 9.04. The summed E-state index contributed by atoms with van der Waals surface area (Å²) in [6.07, 6.45) is 1.50. The van der Waals surface area contributed by atoms with Gasteiger partial charge in [-0.05, 0) is 29.3 Å². The molecule has 8 heteroatoms. The van der Waals surface area contributed by atoms with Gasteiger partial charge < -0.3 is 0 Å². The molecule has 2 rings (SSSR count). The van der Waals surface area contributed by atoms with Gasteiger partial charge in [0.15, 0.2) is 5.82 Å². The smallest absolute Gasteiger partial charge is 0.258 e. The number of hydrogen-bond donors (Lipinski definition) is 0. The van der Waals surface area contributed by atoms with Gasteiger partial charge in [0.1, 0.15) is 5.15 Å². The van der Waals surface area contributed by atoms with Gasteiger partial charge in [-0.1, -0.05) is 11.6 Å². The van der Waals surface area contributed by atoms with Crippen molar-refractivity contribution in [2.75, 3.05) is 0 Å². The van der Waals surface area contributed by atoms with Crippen molar-refractivity contribution >= 4 is 40.9 Å². The van der Waals surface area contributed by atoms with Gasteiger partial charge in [0, 0.05) is 24.4 Å². The zero-order valence-corrected chi connectivity index (χ0v) is 10.8.